The van der Waals surface area contributed by atoms with Crippen molar-refractivity contribution in [2.45, 2.75) is 25.7 Å². The van der Waals surface area contributed by atoms with Crippen molar-refractivity contribution in [3.8, 4) is 0 Å². The molecule has 142 valence electrons. The van der Waals surface area contributed by atoms with Gasteiger partial charge in [0.2, 0.25) is 10.0 Å². The Morgan fingerprint density at radius 3 is 2.31 bits per heavy atom. The van der Waals surface area contributed by atoms with Gasteiger partial charge in [-0.25, -0.2) is 8.42 Å². The number of hydrogen-bond acceptors (Lipinski definition) is 4. The predicted molar refractivity (Wildman–Crippen MR) is 107 cm³/mol. The Hall–Kier alpha value is -2.09. The Labute approximate surface area is 160 Å². The molecule has 0 atom stereocenters. The molecule has 0 saturated carbocycles. The molecule has 1 amide bonds. The average Bonchev–Trinajstić information content (AvgIpc) is 2.57. The van der Waals surface area contributed by atoms with E-state index in [1.165, 1.54) is 10.4 Å². The van der Waals surface area contributed by atoms with Crippen LogP contribution in [0.15, 0.2) is 47.4 Å². The summed E-state index contributed by atoms with van der Waals surface area (Å²) in [5.74, 6) is -0.381. The van der Waals surface area contributed by atoms with Crippen molar-refractivity contribution in [1.29, 1.82) is 0 Å². The number of anilines is 2. The number of nitrogen functional groups attached to an aromatic ring is 1. The molecular formula is C18H24ClN3O3S. The first-order valence-corrected chi connectivity index (χ1v) is 9.51. The highest BCUT2D eigenvalue weighted by Gasteiger charge is 2.24. The number of rotatable bonds is 6. The van der Waals surface area contributed by atoms with Gasteiger partial charge in [0.15, 0.2) is 0 Å². The molecule has 26 heavy (non-hydrogen) atoms. The van der Waals surface area contributed by atoms with E-state index in [0.29, 0.717) is 35.6 Å². The van der Waals surface area contributed by atoms with Gasteiger partial charge in [0.25, 0.3) is 5.91 Å². The predicted octanol–water partition coefficient (Wildman–Crippen LogP) is 3.28. The highest BCUT2D eigenvalue weighted by molar-refractivity contribution is 7.89. The Morgan fingerprint density at radius 2 is 1.73 bits per heavy atom. The second-order valence-electron chi connectivity index (χ2n) is 5.61. The van der Waals surface area contributed by atoms with Gasteiger partial charge in [-0.2, -0.15) is 4.31 Å². The second kappa shape index (κ2) is 9.02. The van der Waals surface area contributed by atoms with Gasteiger partial charge in [0.1, 0.15) is 0 Å². The van der Waals surface area contributed by atoms with Crippen LogP contribution in [0, 0.1) is 6.92 Å². The lowest BCUT2D eigenvalue weighted by Gasteiger charge is -2.20. The van der Waals surface area contributed by atoms with Gasteiger partial charge in [0.05, 0.1) is 10.5 Å². The third-order valence-corrected chi connectivity index (χ3v) is 6.17. The zero-order valence-corrected chi connectivity index (χ0v) is 16.7. The number of para-hydroxylation sites is 1. The first-order valence-electron chi connectivity index (χ1n) is 8.07. The summed E-state index contributed by atoms with van der Waals surface area (Å²) in [5, 5.41) is 2.71. The van der Waals surface area contributed by atoms with E-state index in [-0.39, 0.29) is 23.2 Å². The zero-order chi connectivity index (χ0) is 18.6. The van der Waals surface area contributed by atoms with Crippen molar-refractivity contribution in [3.63, 3.8) is 0 Å². The summed E-state index contributed by atoms with van der Waals surface area (Å²) in [6.07, 6.45) is 0. The van der Waals surface area contributed by atoms with Crippen LogP contribution in [-0.4, -0.2) is 31.7 Å². The fraction of sp³-hybridized carbons (Fsp3) is 0.278. The van der Waals surface area contributed by atoms with E-state index in [2.05, 4.69) is 5.32 Å². The number of aryl methyl sites for hydroxylation is 1. The summed E-state index contributed by atoms with van der Waals surface area (Å²) < 4.78 is 26.9. The second-order valence-corrected chi connectivity index (χ2v) is 7.52. The van der Waals surface area contributed by atoms with E-state index in [0.717, 1.165) is 0 Å². The van der Waals surface area contributed by atoms with Gasteiger partial charge in [-0.05, 0) is 36.8 Å². The minimum absolute atomic E-state index is 0. The molecule has 2 rings (SSSR count). The van der Waals surface area contributed by atoms with Gasteiger partial charge in [-0.3, -0.25) is 4.79 Å². The fourth-order valence-corrected chi connectivity index (χ4v) is 4.27. The molecular weight excluding hydrogens is 374 g/mol. The molecule has 0 aliphatic rings. The standard InChI is InChI=1S/C18H23N3O3S.ClH/c1-4-21(5-2)25(23,24)17-12-14(11-10-13(17)3)20-18(22)15-8-6-7-9-16(15)19;/h6-12H,4-5,19H2,1-3H3,(H,20,22);1H. The largest absolute Gasteiger partial charge is 0.398 e. The van der Waals surface area contributed by atoms with E-state index in [1.54, 1.807) is 57.2 Å². The van der Waals surface area contributed by atoms with Gasteiger partial charge in [0, 0.05) is 24.5 Å². The number of nitrogens with two attached hydrogens (primary N) is 1. The molecule has 2 aromatic rings. The van der Waals surface area contributed by atoms with Gasteiger partial charge < -0.3 is 11.1 Å². The lowest BCUT2D eigenvalue weighted by molar-refractivity contribution is 0.102. The number of halogens is 1. The number of hydrogen-bond donors (Lipinski definition) is 2. The molecule has 0 bridgehead atoms. The van der Waals surface area contributed by atoms with Crippen LogP contribution < -0.4 is 11.1 Å². The van der Waals surface area contributed by atoms with Crippen molar-refractivity contribution in [3.05, 3.63) is 53.6 Å². The first kappa shape index (κ1) is 22.0. The topological polar surface area (TPSA) is 92.5 Å². The number of nitrogens with zero attached hydrogens (tertiary/aromatic N) is 1. The van der Waals surface area contributed by atoms with Crippen molar-refractivity contribution in [2.75, 3.05) is 24.1 Å². The molecule has 6 nitrogen and oxygen atoms in total. The first-order chi connectivity index (χ1) is 11.8. The maximum Gasteiger partial charge on any atom is 0.257 e. The summed E-state index contributed by atoms with van der Waals surface area (Å²) in [5.41, 5.74) is 7.55. The van der Waals surface area contributed by atoms with Crippen LogP contribution in [0.25, 0.3) is 0 Å². The third kappa shape index (κ3) is 4.55. The van der Waals surface area contributed by atoms with Crippen LogP contribution in [0.1, 0.15) is 29.8 Å². The van der Waals surface area contributed by atoms with Gasteiger partial charge in [-0.15, -0.1) is 12.4 Å². The van der Waals surface area contributed by atoms with Crippen molar-refractivity contribution in [2.24, 2.45) is 0 Å². The Kier molecular flexibility index (Phi) is 7.62. The van der Waals surface area contributed by atoms with Crippen LogP contribution in [0.4, 0.5) is 11.4 Å². The lowest BCUT2D eigenvalue weighted by Crippen LogP contribution is -2.31. The molecule has 2 aromatic carbocycles. The molecule has 0 spiro atoms. The van der Waals surface area contributed by atoms with Crippen LogP contribution in [0.2, 0.25) is 0 Å². The van der Waals surface area contributed by atoms with E-state index in [1.807, 2.05) is 0 Å². The number of nitrogens with one attached hydrogen (secondary N) is 1. The third-order valence-electron chi connectivity index (χ3n) is 3.97. The minimum Gasteiger partial charge on any atom is -0.398 e. The van der Waals surface area contributed by atoms with Gasteiger partial charge in [-0.1, -0.05) is 32.0 Å². The summed E-state index contributed by atoms with van der Waals surface area (Å²) in [7, 11) is -3.61. The number of sulfonamides is 1. The summed E-state index contributed by atoms with van der Waals surface area (Å²) in [4.78, 5) is 12.6. The lowest BCUT2D eigenvalue weighted by atomic mass is 10.1. The molecule has 0 heterocycles. The summed E-state index contributed by atoms with van der Waals surface area (Å²) >= 11 is 0. The number of benzene rings is 2. The molecule has 0 aliphatic carbocycles. The molecule has 0 radical (unpaired) electrons. The number of carbonyl (C=O) groups is 1. The van der Waals surface area contributed by atoms with E-state index in [4.69, 9.17) is 5.73 Å². The van der Waals surface area contributed by atoms with Crippen molar-refractivity contribution < 1.29 is 13.2 Å². The number of amides is 1. The van der Waals surface area contributed by atoms with E-state index in [9.17, 15) is 13.2 Å². The molecule has 0 unspecified atom stereocenters. The van der Waals surface area contributed by atoms with Crippen molar-refractivity contribution in [1.82, 2.24) is 4.31 Å². The minimum atomic E-state index is -3.61. The quantitative estimate of drug-likeness (QED) is 0.731. The SMILES string of the molecule is CCN(CC)S(=O)(=O)c1cc(NC(=O)c2ccccc2N)ccc1C.Cl. The van der Waals surface area contributed by atoms with Gasteiger partial charge >= 0.3 is 0 Å². The van der Waals surface area contributed by atoms with Crippen molar-refractivity contribution >= 4 is 39.7 Å². The molecule has 8 heteroatoms. The maximum absolute atomic E-state index is 12.8. The Bertz CT molecular complexity index is 881. The zero-order valence-electron chi connectivity index (χ0n) is 15.0. The highest BCUT2D eigenvalue weighted by atomic mass is 35.5. The maximum atomic E-state index is 12.8. The van der Waals surface area contributed by atoms with E-state index >= 15 is 0 Å². The van der Waals surface area contributed by atoms with Crippen LogP contribution in [-0.2, 0) is 10.0 Å². The highest BCUT2D eigenvalue weighted by Crippen LogP contribution is 2.24. The fourth-order valence-electron chi connectivity index (χ4n) is 2.56. The summed E-state index contributed by atoms with van der Waals surface area (Å²) in [6.45, 7) is 6.09. The smallest absolute Gasteiger partial charge is 0.257 e. The van der Waals surface area contributed by atoms with Crippen LogP contribution in [0.3, 0.4) is 0 Å². The average molecular weight is 398 g/mol. The molecule has 3 N–H and O–H groups in total. The molecule has 0 aliphatic heterocycles. The number of carbonyl (C=O) groups excluding carboxylic acids is 1. The molecule has 0 saturated heterocycles. The molecule has 0 aromatic heterocycles. The Morgan fingerprint density at radius 1 is 1.12 bits per heavy atom. The molecule has 0 fully saturated rings. The van der Waals surface area contributed by atoms with Crippen LogP contribution in [0.5, 0.6) is 0 Å². The summed E-state index contributed by atoms with van der Waals surface area (Å²) in [6, 6.07) is 11.6. The van der Waals surface area contributed by atoms with Crippen LogP contribution >= 0.6 is 12.4 Å². The van der Waals surface area contributed by atoms with E-state index < -0.39 is 10.0 Å². The normalized spacial score (nSPS) is 11.1. The monoisotopic (exact) mass is 397 g/mol. The Balaban J connectivity index is 0.00000338.